The van der Waals surface area contributed by atoms with E-state index in [9.17, 15) is 8.42 Å². The summed E-state index contributed by atoms with van der Waals surface area (Å²) in [5.41, 5.74) is -0.0228. The van der Waals surface area contributed by atoms with Crippen LogP contribution in [-0.4, -0.2) is 27.0 Å². The van der Waals surface area contributed by atoms with Crippen molar-refractivity contribution in [1.29, 1.82) is 0 Å². The van der Waals surface area contributed by atoms with Gasteiger partial charge in [0.1, 0.15) is 28.0 Å². The second-order valence-corrected chi connectivity index (χ2v) is 7.46. The first-order valence-corrected chi connectivity index (χ1v) is 7.59. The van der Waals surface area contributed by atoms with Crippen molar-refractivity contribution in [1.82, 2.24) is 0 Å². The zero-order valence-corrected chi connectivity index (χ0v) is 11.6. The van der Waals surface area contributed by atoms with Crippen molar-refractivity contribution in [2.24, 2.45) is 0 Å². The van der Waals surface area contributed by atoms with Crippen molar-refractivity contribution in [2.75, 3.05) is 18.6 Å². The van der Waals surface area contributed by atoms with Crippen molar-refractivity contribution in [3.8, 4) is 0 Å². The molecule has 0 N–H and O–H groups in total. The Kier molecular flexibility index (Phi) is 4.38. The molecule has 0 aliphatic carbocycles. The van der Waals surface area contributed by atoms with Crippen LogP contribution < -0.4 is 0 Å². The predicted molar refractivity (Wildman–Crippen MR) is 66.8 cm³/mol. The van der Waals surface area contributed by atoms with Gasteiger partial charge in [-0.05, 0) is 12.1 Å². The average molecular weight is 260 g/mol. The third kappa shape index (κ3) is 5.37. The van der Waals surface area contributed by atoms with Crippen molar-refractivity contribution >= 4 is 9.84 Å². The van der Waals surface area contributed by atoms with Gasteiger partial charge in [0.25, 0.3) is 0 Å². The maximum atomic E-state index is 10.9. The van der Waals surface area contributed by atoms with Gasteiger partial charge in [-0.1, -0.05) is 20.8 Å². The van der Waals surface area contributed by atoms with Crippen LogP contribution in [0.15, 0.2) is 16.5 Å². The average Bonchev–Trinajstić information content (AvgIpc) is 2.58. The second kappa shape index (κ2) is 5.23. The van der Waals surface area contributed by atoms with Crippen LogP contribution in [-0.2, 0) is 26.6 Å². The van der Waals surface area contributed by atoms with Gasteiger partial charge in [-0.2, -0.15) is 0 Å². The molecule has 98 valence electrons. The van der Waals surface area contributed by atoms with E-state index in [1.165, 1.54) is 6.26 Å². The molecule has 0 amide bonds. The first kappa shape index (κ1) is 14.3. The Morgan fingerprint density at radius 3 is 2.41 bits per heavy atom. The molecule has 0 spiro atoms. The summed E-state index contributed by atoms with van der Waals surface area (Å²) in [5, 5.41) is 0. The first-order chi connectivity index (χ1) is 7.68. The number of hydrogen-bond acceptors (Lipinski definition) is 4. The van der Waals surface area contributed by atoms with Gasteiger partial charge in [-0.15, -0.1) is 0 Å². The predicted octanol–water partition coefficient (Wildman–Crippen LogP) is 2.14. The highest BCUT2D eigenvalue weighted by Gasteiger charge is 2.17. The van der Waals surface area contributed by atoms with Crippen molar-refractivity contribution in [3.63, 3.8) is 0 Å². The van der Waals surface area contributed by atoms with Crippen LogP contribution in [0.4, 0.5) is 0 Å². The van der Waals surface area contributed by atoms with Crippen LogP contribution in [0.25, 0.3) is 0 Å². The van der Waals surface area contributed by atoms with Gasteiger partial charge in [0.2, 0.25) is 0 Å². The van der Waals surface area contributed by atoms with Crippen LogP contribution in [0.5, 0.6) is 0 Å². The van der Waals surface area contributed by atoms with Crippen molar-refractivity contribution in [2.45, 2.75) is 32.8 Å². The Morgan fingerprint density at radius 2 is 1.94 bits per heavy atom. The zero-order valence-electron chi connectivity index (χ0n) is 10.8. The monoisotopic (exact) mass is 260 g/mol. The van der Waals surface area contributed by atoms with E-state index >= 15 is 0 Å². The summed E-state index contributed by atoms with van der Waals surface area (Å²) in [7, 11) is -2.95. The normalized spacial score (nSPS) is 12.9. The van der Waals surface area contributed by atoms with Gasteiger partial charge in [-0.25, -0.2) is 8.42 Å². The molecule has 5 heteroatoms. The second-order valence-electron chi connectivity index (χ2n) is 5.20. The third-order valence-electron chi connectivity index (χ3n) is 2.24. The Balaban J connectivity index is 2.41. The summed E-state index contributed by atoms with van der Waals surface area (Å²) in [6.45, 7) is 6.72. The molecule has 0 unspecified atom stereocenters. The molecule has 0 atom stereocenters. The number of ether oxygens (including phenoxy) is 1. The maximum Gasteiger partial charge on any atom is 0.149 e. The Hall–Kier alpha value is -0.810. The fourth-order valence-corrected chi connectivity index (χ4v) is 1.66. The lowest BCUT2D eigenvalue weighted by molar-refractivity contribution is 0.117. The summed E-state index contributed by atoms with van der Waals surface area (Å²) < 4.78 is 32.6. The van der Waals surface area contributed by atoms with Gasteiger partial charge >= 0.3 is 0 Å². The topological polar surface area (TPSA) is 56.5 Å². The van der Waals surface area contributed by atoms with E-state index in [-0.39, 0.29) is 17.8 Å². The van der Waals surface area contributed by atoms with Gasteiger partial charge in [0, 0.05) is 11.7 Å². The lowest BCUT2D eigenvalue weighted by atomic mass is 9.94. The van der Waals surface area contributed by atoms with Crippen LogP contribution in [0.2, 0.25) is 0 Å². The minimum atomic E-state index is -2.95. The maximum absolute atomic E-state index is 10.9. The summed E-state index contributed by atoms with van der Waals surface area (Å²) in [6, 6.07) is 3.79. The fraction of sp³-hybridized carbons (Fsp3) is 0.667. The highest BCUT2D eigenvalue weighted by atomic mass is 32.2. The fourth-order valence-electron chi connectivity index (χ4n) is 1.24. The van der Waals surface area contributed by atoms with Crippen LogP contribution >= 0.6 is 0 Å². The first-order valence-electron chi connectivity index (χ1n) is 5.53. The Morgan fingerprint density at radius 1 is 1.29 bits per heavy atom. The van der Waals surface area contributed by atoms with E-state index in [0.29, 0.717) is 6.61 Å². The zero-order chi connectivity index (χ0) is 13.1. The lowest BCUT2D eigenvalue weighted by Crippen LogP contribution is -2.10. The van der Waals surface area contributed by atoms with Crippen LogP contribution in [0.3, 0.4) is 0 Å². The van der Waals surface area contributed by atoms with E-state index in [1.54, 1.807) is 0 Å². The quantitative estimate of drug-likeness (QED) is 0.761. The van der Waals surface area contributed by atoms with Crippen molar-refractivity contribution < 1.29 is 17.6 Å². The van der Waals surface area contributed by atoms with Gasteiger partial charge < -0.3 is 9.15 Å². The summed E-state index contributed by atoms with van der Waals surface area (Å²) in [4.78, 5) is 0. The van der Waals surface area contributed by atoms with Crippen molar-refractivity contribution in [3.05, 3.63) is 23.7 Å². The van der Waals surface area contributed by atoms with E-state index in [4.69, 9.17) is 9.15 Å². The van der Waals surface area contributed by atoms with Gasteiger partial charge in [-0.3, -0.25) is 0 Å². The molecule has 0 aromatic carbocycles. The highest BCUT2D eigenvalue weighted by Crippen LogP contribution is 2.24. The van der Waals surface area contributed by atoms with E-state index in [1.807, 2.05) is 12.1 Å². The minimum Gasteiger partial charge on any atom is -0.463 e. The van der Waals surface area contributed by atoms with Crippen LogP contribution in [0, 0.1) is 0 Å². The summed E-state index contributed by atoms with van der Waals surface area (Å²) in [6.07, 6.45) is 1.20. The molecule has 0 fully saturated rings. The molecule has 0 saturated heterocycles. The SMILES string of the molecule is CC(C)(C)c1ccc(COCCS(C)(=O)=O)o1. The summed E-state index contributed by atoms with van der Waals surface area (Å²) >= 11 is 0. The molecule has 0 radical (unpaired) electrons. The molecular formula is C12H20O4S. The molecule has 0 bridgehead atoms. The van der Waals surface area contributed by atoms with Gasteiger partial charge in [0.15, 0.2) is 0 Å². The van der Waals surface area contributed by atoms with Gasteiger partial charge in [0.05, 0.1) is 12.4 Å². The Bertz CT molecular complexity index is 451. The number of furan rings is 1. The molecule has 0 aliphatic rings. The molecule has 4 nitrogen and oxygen atoms in total. The lowest BCUT2D eigenvalue weighted by Gasteiger charge is -2.14. The molecule has 17 heavy (non-hydrogen) atoms. The molecular weight excluding hydrogens is 240 g/mol. The standard InChI is InChI=1S/C12H20O4S/c1-12(2,3)11-6-5-10(16-11)9-15-7-8-17(4,13)14/h5-6H,7-9H2,1-4H3. The molecule has 1 heterocycles. The van der Waals surface area contributed by atoms with E-state index in [0.717, 1.165) is 11.5 Å². The molecule has 0 aliphatic heterocycles. The number of hydrogen-bond donors (Lipinski definition) is 0. The third-order valence-corrected chi connectivity index (χ3v) is 3.15. The molecule has 1 rings (SSSR count). The van der Waals surface area contributed by atoms with E-state index < -0.39 is 9.84 Å². The highest BCUT2D eigenvalue weighted by molar-refractivity contribution is 7.90. The molecule has 1 aromatic rings. The number of sulfone groups is 1. The molecule has 1 aromatic heterocycles. The minimum absolute atomic E-state index is 0.0228. The largest absolute Gasteiger partial charge is 0.463 e. The summed E-state index contributed by atoms with van der Waals surface area (Å²) in [5.74, 6) is 1.67. The van der Waals surface area contributed by atoms with E-state index in [2.05, 4.69) is 20.8 Å². The Labute approximate surface area is 103 Å². The number of rotatable bonds is 5. The smallest absolute Gasteiger partial charge is 0.149 e. The molecule has 0 saturated carbocycles. The van der Waals surface area contributed by atoms with Crippen LogP contribution in [0.1, 0.15) is 32.3 Å².